The molecule has 3 nitrogen and oxygen atoms in total. The van der Waals surface area contributed by atoms with Gasteiger partial charge in [0.25, 0.3) is 0 Å². The molecule has 1 atom stereocenters. The van der Waals surface area contributed by atoms with Crippen LogP contribution in [0.25, 0.3) is 0 Å². The van der Waals surface area contributed by atoms with Crippen LogP contribution in [0.2, 0.25) is 0 Å². The molecule has 0 radical (unpaired) electrons. The standard InChI is InChI=1S/C17H17F5O3/c18-13-8-12(9-14(19)15(13)20)25-17(21,22)11-4-2-10(3-5-11)16-23-6-1-7-24-16/h4,8-10,16H,1-3,5-7H2. The lowest BCUT2D eigenvalue weighted by Crippen LogP contribution is -2.35. The van der Waals surface area contributed by atoms with E-state index in [1.165, 1.54) is 6.08 Å². The van der Waals surface area contributed by atoms with Gasteiger partial charge in [-0.2, -0.15) is 8.78 Å². The molecule has 0 spiro atoms. The molecule has 3 rings (SSSR count). The number of rotatable bonds is 4. The zero-order valence-corrected chi connectivity index (χ0v) is 13.2. The van der Waals surface area contributed by atoms with Crippen LogP contribution >= 0.6 is 0 Å². The third kappa shape index (κ3) is 4.12. The van der Waals surface area contributed by atoms with Crippen molar-refractivity contribution in [2.24, 2.45) is 5.92 Å². The van der Waals surface area contributed by atoms with Gasteiger partial charge in [-0.1, -0.05) is 6.08 Å². The van der Waals surface area contributed by atoms with Crippen molar-refractivity contribution in [1.82, 2.24) is 0 Å². The molecule has 1 saturated heterocycles. The van der Waals surface area contributed by atoms with Gasteiger partial charge >= 0.3 is 6.11 Å². The van der Waals surface area contributed by atoms with Gasteiger partial charge in [0.15, 0.2) is 23.7 Å². The Hall–Kier alpha value is -1.67. The Bertz CT molecular complexity index is 633. The summed E-state index contributed by atoms with van der Waals surface area (Å²) in [6, 6.07) is 0.782. The SMILES string of the molecule is Fc1cc(OC(F)(F)C2=CCC(C3OCCCO3)CC2)cc(F)c1F. The Morgan fingerprint density at radius 1 is 1.04 bits per heavy atom. The number of alkyl halides is 2. The molecular weight excluding hydrogens is 347 g/mol. The summed E-state index contributed by atoms with van der Waals surface area (Å²) in [6.07, 6.45) is -1.22. The van der Waals surface area contributed by atoms with Crippen LogP contribution in [-0.2, 0) is 9.47 Å². The second kappa shape index (κ2) is 7.29. The molecule has 2 aliphatic rings. The normalized spacial score (nSPS) is 22.6. The van der Waals surface area contributed by atoms with Gasteiger partial charge < -0.3 is 14.2 Å². The number of benzene rings is 1. The summed E-state index contributed by atoms with van der Waals surface area (Å²) in [5.41, 5.74) is -0.287. The summed E-state index contributed by atoms with van der Waals surface area (Å²) >= 11 is 0. The van der Waals surface area contributed by atoms with Crippen LogP contribution in [0.15, 0.2) is 23.8 Å². The Balaban J connectivity index is 1.67. The monoisotopic (exact) mass is 364 g/mol. The molecule has 1 aliphatic carbocycles. The van der Waals surface area contributed by atoms with Crippen LogP contribution < -0.4 is 4.74 Å². The van der Waals surface area contributed by atoms with Gasteiger partial charge in [0.05, 0.1) is 13.2 Å². The zero-order chi connectivity index (χ0) is 18.0. The first-order valence-electron chi connectivity index (χ1n) is 8.01. The number of allylic oxidation sites excluding steroid dienone is 1. The molecule has 1 unspecified atom stereocenters. The van der Waals surface area contributed by atoms with Crippen LogP contribution in [0, 0.1) is 23.4 Å². The third-order valence-corrected chi connectivity index (χ3v) is 4.27. The summed E-state index contributed by atoms with van der Waals surface area (Å²) in [4.78, 5) is 0. The topological polar surface area (TPSA) is 27.7 Å². The summed E-state index contributed by atoms with van der Waals surface area (Å²) in [7, 11) is 0. The highest BCUT2D eigenvalue weighted by atomic mass is 19.3. The average Bonchev–Trinajstić information content (AvgIpc) is 2.60. The molecule has 0 aromatic heterocycles. The summed E-state index contributed by atoms with van der Waals surface area (Å²) in [5, 5.41) is 0. The second-order valence-corrected chi connectivity index (χ2v) is 6.05. The van der Waals surface area contributed by atoms with E-state index in [2.05, 4.69) is 4.74 Å². The van der Waals surface area contributed by atoms with Gasteiger partial charge in [-0.3, -0.25) is 0 Å². The second-order valence-electron chi connectivity index (χ2n) is 6.05. The van der Waals surface area contributed by atoms with E-state index in [1.807, 2.05) is 0 Å². The fraction of sp³-hybridized carbons (Fsp3) is 0.529. The molecule has 1 heterocycles. The molecule has 0 saturated carbocycles. The van der Waals surface area contributed by atoms with E-state index >= 15 is 0 Å². The van der Waals surface area contributed by atoms with Crippen LogP contribution in [0.4, 0.5) is 22.0 Å². The summed E-state index contributed by atoms with van der Waals surface area (Å²) < 4.78 is 83.0. The Kier molecular flexibility index (Phi) is 5.29. The van der Waals surface area contributed by atoms with Gasteiger partial charge in [0, 0.05) is 23.6 Å². The van der Waals surface area contributed by atoms with Crippen molar-refractivity contribution in [3.05, 3.63) is 41.2 Å². The van der Waals surface area contributed by atoms with Gasteiger partial charge in [-0.15, -0.1) is 0 Å². The molecule has 1 aromatic rings. The third-order valence-electron chi connectivity index (χ3n) is 4.27. The molecule has 25 heavy (non-hydrogen) atoms. The maximum absolute atomic E-state index is 14.2. The lowest BCUT2D eigenvalue weighted by atomic mass is 9.88. The molecule has 0 bridgehead atoms. The van der Waals surface area contributed by atoms with E-state index in [9.17, 15) is 22.0 Å². The van der Waals surface area contributed by atoms with Crippen molar-refractivity contribution in [3.8, 4) is 5.75 Å². The molecule has 8 heteroatoms. The highest BCUT2D eigenvalue weighted by Gasteiger charge is 2.40. The minimum atomic E-state index is -3.74. The van der Waals surface area contributed by atoms with E-state index in [0.29, 0.717) is 38.2 Å². The predicted octanol–water partition coefficient (Wildman–Crippen LogP) is 4.57. The van der Waals surface area contributed by atoms with Gasteiger partial charge in [-0.25, -0.2) is 13.2 Å². The number of hydrogen-bond donors (Lipinski definition) is 0. The smallest absolute Gasteiger partial charge is 0.422 e. The zero-order valence-electron chi connectivity index (χ0n) is 13.2. The van der Waals surface area contributed by atoms with Crippen LogP contribution in [0.5, 0.6) is 5.75 Å². The Labute approximate surface area is 141 Å². The lowest BCUT2D eigenvalue weighted by Gasteiger charge is -2.33. The van der Waals surface area contributed by atoms with Gasteiger partial charge in [0.2, 0.25) is 0 Å². The fourth-order valence-corrected chi connectivity index (χ4v) is 2.95. The summed E-state index contributed by atoms with van der Waals surface area (Å²) in [6.45, 7) is 1.16. The highest BCUT2D eigenvalue weighted by molar-refractivity contribution is 5.27. The van der Waals surface area contributed by atoms with Crippen molar-refractivity contribution in [1.29, 1.82) is 0 Å². The van der Waals surface area contributed by atoms with E-state index in [1.54, 1.807) is 0 Å². The number of hydrogen-bond acceptors (Lipinski definition) is 3. The quantitative estimate of drug-likeness (QED) is 0.445. The Morgan fingerprint density at radius 3 is 2.24 bits per heavy atom. The average molecular weight is 364 g/mol. The van der Waals surface area contributed by atoms with Crippen molar-refractivity contribution in [2.45, 2.75) is 38.1 Å². The highest BCUT2D eigenvalue weighted by Crippen LogP contribution is 2.38. The molecule has 138 valence electrons. The van der Waals surface area contributed by atoms with E-state index in [-0.39, 0.29) is 17.9 Å². The summed E-state index contributed by atoms with van der Waals surface area (Å²) in [5.74, 6) is -5.71. The minimum absolute atomic E-state index is 0.0273. The number of halogens is 5. The predicted molar refractivity (Wildman–Crippen MR) is 77.6 cm³/mol. The van der Waals surface area contributed by atoms with Crippen LogP contribution in [0.1, 0.15) is 25.7 Å². The molecule has 0 N–H and O–H groups in total. The molecule has 1 aliphatic heterocycles. The lowest BCUT2D eigenvalue weighted by molar-refractivity contribution is -0.207. The van der Waals surface area contributed by atoms with Crippen LogP contribution in [-0.4, -0.2) is 25.6 Å². The molecule has 1 aromatic carbocycles. The number of ether oxygens (including phenoxy) is 3. The van der Waals surface area contributed by atoms with E-state index in [0.717, 1.165) is 6.42 Å². The van der Waals surface area contributed by atoms with E-state index < -0.39 is 35.6 Å². The van der Waals surface area contributed by atoms with Gasteiger partial charge in [-0.05, 0) is 25.7 Å². The van der Waals surface area contributed by atoms with Crippen molar-refractivity contribution >= 4 is 0 Å². The van der Waals surface area contributed by atoms with E-state index in [4.69, 9.17) is 9.47 Å². The maximum atomic E-state index is 14.2. The van der Waals surface area contributed by atoms with Crippen molar-refractivity contribution < 1.29 is 36.2 Å². The largest absolute Gasteiger partial charge is 0.429 e. The first-order chi connectivity index (χ1) is 11.9. The van der Waals surface area contributed by atoms with Crippen molar-refractivity contribution in [2.75, 3.05) is 13.2 Å². The first kappa shape index (κ1) is 18.1. The van der Waals surface area contributed by atoms with Crippen molar-refractivity contribution in [3.63, 3.8) is 0 Å². The van der Waals surface area contributed by atoms with Crippen LogP contribution in [0.3, 0.4) is 0 Å². The molecule has 0 amide bonds. The van der Waals surface area contributed by atoms with Gasteiger partial charge in [0.1, 0.15) is 5.75 Å². The molecule has 1 fully saturated rings. The maximum Gasteiger partial charge on any atom is 0.422 e. The first-order valence-corrected chi connectivity index (χ1v) is 8.01. The Morgan fingerprint density at radius 2 is 1.68 bits per heavy atom. The molecular formula is C17H17F5O3. The minimum Gasteiger partial charge on any atom is -0.429 e. The fourth-order valence-electron chi connectivity index (χ4n) is 2.95.